The molecule has 1 aliphatic heterocycles. The molecule has 1 aromatic carbocycles. The Morgan fingerprint density at radius 1 is 1.18 bits per heavy atom. The van der Waals surface area contributed by atoms with Crippen LogP contribution < -0.4 is 0 Å². The zero-order chi connectivity index (χ0) is 19.7. The van der Waals surface area contributed by atoms with E-state index in [2.05, 4.69) is 15.1 Å². The number of piperidine rings is 1. The van der Waals surface area contributed by atoms with Gasteiger partial charge in [-0.05, 0) is 31.4 Å². The predicted molar refractivity (Wildman–Crippen MR) is 99.2 cm³/mol. The normalized spacial score (nSPS) is 16.6. The number of hydrogen-bond donors (Lipinski definition) is 0. The van der Waals surface area contributed by atoms with Crippen LogP contribution in [-0.4, -0.2) is 43.5 Å². The van der Waals surface area contributed by atoms with Crippen molar-refractivity contribution in [3.05, 3.63) is 59.7 Å². The lowest BCUT2D eigenvalue weighted by Crippen LogP contribution is -2.40. The van der Waals surface area contributed by atoms with Crippen LogP contribution in [0.25, 0.3) is 5.78 Å². The molecule has 0 N–H and O–H groups in total. The number of carbonyl (C=O) groups is 1. The van der Waals surface area contributed by atoms with Crippen molar-refractivity contribution in [3.63, 3.8) is 0 Å². The maximum atomic E-state index is 13.4. The molecule has 0 unspecified atom stereocenters. The third-order valence-corrected chi connectivity index (χ3v) is 5.42. The van der Waals surface area contributed by atoms with Crippen LogP contribution in [0.4, 0.5) is 8.78 Å². The number of carbonyl (C=O) groups excluding carboxylic acids is 1. The second-order valence-corrected chi connectivity index (χ2v) is 7.11. The van der Waals surface area contributed by atoms with Crippen molar-refractivity contribution in [1.82, 2.24) is 24.5 Å². The summed E-state index contributed by atoms with van der Waals surface area (Å²) in [5.74, 6) is 0.103. The molecule has 8 heteroatoms. The number of alkyl halides is 2. The van der Waals surface area contributed by atoms with E-state index in [0.29, 0.717) is 31.6 Å². The van der Waals surface area contributed by atoms with Crippen molar-refractivity contribution in [2.24, 2.45) is 0 Å². The first-order valence-corrected chi connectivity index (χ1v) is 9.37. The molecular weight excluding hydrogens is 364 g/mol. The average molecular weight is 385 g/mol. The molecule has 0 saturated carbocycles. The molecule has 1 amide bonds. The van der Waals surface area contributed by atoms with Gasteiger partial charge in [0, 0.05) is 24.7 Å². The monoisotopic (exact) mass is 385 g/mol. The van der Waals surface area contributed by atoms with Gasteiger partial charge in [0.25, 0.3) is 12.2 Å². The fourth-order valence-electron chi connectivity index (χ4n) is 3.77. The number of aromatic nitrogens is 4. The summed E-state index contributed by atoms with van der Waals surface area (Å²) >= 11 is 0. The van der Waals surface area contributed by atoms with Crippen LogP contribution in [-0.2, 0) is 4.79 Å². The zero-order valence-corrected chi connectivity index (χ0v) is 15.5. The Labute approximate surface area is 161 Å². The van der Waals surface area contributed by atoms with E-state index >= 15 is 0 Å². The number of halogens is 2. The van der Waals surface area contributed by atoms with Gasteiger partial charge < -0.3 is 4.90 Å². The number of nitrogens with zero attached hydrogens (tertiary/aromatic N) is 5. The molecule has 0 radical (unpaired) electrons. The smallest absolute Gasteiger partial charge is 0.280 e. The highest BCUT2D eigenvalue weighted by Gasteiger charge is 2.29. The number of rotatable bonds is 4. The minimum absolute atomic E-state index is 0.0234. The van der Waals surface area contributed by atoms with Crippen molar-refractivity contribution in [1.29, 1.82) is 0 Å². The van der Waals surface area contributed by atoms with Gasteiger partial charge in [0.1, 0.15) is 12.0 Å². The Kier molecular flexibility index (Phi) is 5.02. The first-order chi connectivity index (χ1) is 13.5. The summed E-state index contributed by atoms with van der Waals surface area (Å²) < 4.78 is 27.8. The van der Waals surface area contributed by atoms with Crippen molar-refractivity contribution in [3.8, 4) is 0 Å². The van der Waals surface area contributed by atoms with Crippen LogP contribution in [0.5, 0.6) is 0 Å². The summed E-state index contributed by atoms with van der Waals surface area (Å²) in [4.78, 5) is 23.0. The van der Waals surface area contributed by atoms with Gasteiger partial charge in [-0.1, -0.05) is 30.3 Å². The zero-order valence-electron chi connectivity index (χ0n) is 15.5. The average Bonchev–Trinajstić information content (AvgIpc) is 3.21. The number of fused-ring (bicyclic) bond motifs is 1. The van der Waals surface area contributed by atoms with Crippen LogP contribution in [0.3, 0.4) is 0 Å². The van der Waals surface area contributed by atoms with Gasteiger partial charge in [-0.3, -0.25) is 4.79 Å². The SMILES string of the molecule is C[C@H](C(=O)N1CCC(c2cc(C(F)F)n3ncnc3n2)CC1)c1ccccc1. The molecule has 0 aliphatic carbocycles. The van der Waals surface area contributed by atoms with Gasteiger partial charge in [0.05, 0.1) is 5.92 Å². The van der Waals surface area contributed by atoms with Gasteiger partial charge in [-0.25, -0.2) is 13.8 Å². The molecule has 1 fully saturated rings. The van der Waals surface area contributed by atoms with E-state index in [9.17, 15) is 13.6 Å². The number of benzene rings is 1. The summed E-state index contributed by atoms with van der Waals surface area (Å²) in [7, 11) is 0. The van der Waals surface area contributed by atoms with Crippen LogP contribution >= 0.6 is 0 Å². The molecular formula is C20H21F2N5O. The number of amides is 1. The minimum atomic E-state index is -2.65. The summed E-state index contributed by atoms with van der Waals surface area (Å²) in [5.41, 5.74) is 1.39. The topological polar surface area (TPSA) is 63.4 Å². The standard InChI is InChI=1S/C20H21F2N5O/c1-13(14-5-3-2-4-6-14)19(28)26-9-7-15(8-10-26)16-11-17(18(21)22)27-20(25-16)23-12-24-27/h2-6,11-13,15,18H,7-10H2,1H3/t13-/m0/s1. The highest BCUT2D eigenvalue weighted by atomic mass is 19.3. The van der Waals surface area contributed by atoms with Crippen LogP contribution in [0.15, 0.2) is 42.7 Å². The molecule has 0 bridgehead atoms. The lowest BCUT2D eigenvalue weighted by molar-refractivity contribution is -0.133. The van der Waals surface area contributed by atoms with Crippen LogP contribution in [0, 0.1) is 0 Å². The second-order valence-electron chi connectivity index (χ2n) is 7.11. The summed E-state index contributed by atoms with van der Waals surface area (Å²) in [6.07, 6.45) is -0.0515. The summed E-state index contributed by atoms with van der Waals surface area (Å²) in [6.45, 7) is 3.09. The summed E-state index contributed by atoms with van der Waals surface area (Å²) in [5, 5.41) is 3.82. The fraction of sp³-hybridized carbons (Fsp3) is 0.400. The van der Waals surface area contributed by atoms with Crippen molar-refractivity contribution in [2.45, 2.75) is 38.0 Å². The lowest BCUT2D eigenvalue weighted by Gasteiger charge is -2.33. The van der Waals surface area contributed by atoms with E-state index < -0.39 is 6.43 Å². The highest BCUT2D eigenvalue weighted by Crippen LogP contribution is 2.31. The Balaban J connectivity index is 1.47. The van der Waals surface area contributed by atoms with E-state index in [1.165, 1.54) is 12.4 Å². The Morgan fingerprint density at radius 3 is 2.57 bits per heavy atom. The minimum Gasteiger partial charge on any atom is -0.342 e. The van der Waals surface area contributed by atoms with Crippen LogP contribution in [0.2, 0.25) is 0 Å². The third-order valence-electron chi connectivity index (χ3n) is 5.42. The van der Waals surface area contributed by atoms with Gasteiger partial charge in [0.15, 0.2) is 0 Å². The quantitative estimate of drug-likeness (QED) is 0.689. The molecule has 1 saturated heterocycles. The molecule has 3 aromatic rings. The molecule has 4 rings (SSSR count). The largest absolute Gasteiger partial charge is 0.342 e. The second kappa shape index (κ2) is 7.61. The molecule has 146 valence electrons. The summed E-state index contributed by atoms with van der Waals surface area (Å²) in [6, 6.07) is 11.1. The fourth-order valence-corrected chi connectivity index (χ4v) is 3.77. The van der Waals surface area contributed by atoms with E-state index in [-0.39, 0.29) is 29.2 Å². The van der Waals surface area contributed by atoms with E-state index in [0.717, 1.165) is 10.1 Å². The molecule has 3 heterocycles. The van der Waals surface area contributed by atoms with Crippen molar-refractivity contribution in [2.75, 3.05) is 13.1 Å². The number of hydrogen-bond acceptors (Lipinski definition) is 4. The molecule has 0 spiro atoms. The Hall–Kier alpha value is -2.90. The number of likely N-dealkylation sites (tertiary alicyclic amines) is 1. The predicted octanol–water partition coefficient (Wildman–Crippen LogP) is 3.57. The molecule has 28 heavy (non-hydrogen) atoms. The lowest BCUT2D eigenvalue weighted by atomic mass is 9.91. The van der Waals surface area contributed by atoms with E-state index in [1.54, 1.807) is 0 Å². The van der Waals surface area contributed by atoms with E-state index in [1.807, 2.05) is 42.2 Å². The van der Waals surface area contributed by atoms with Crippen LogP contribution in [0.1, 0.15) is 55.0 Å². The van der Waals surface area contributed by atoms with Gasteiger partial charge in [0.2, 0.25) is 5.91 Å². The molecule has 1 atom stereocenters. The first-order valence-electron chi connectivity index (χ1n) is 9.37. The van der Waals surface area contributed by atoms with Crippen molar-refractivity contribution >= 4 is 11.7 Å². The molecule has 6 nitrogen and oxygen atoms in total. The van der Waals surface area contributed by atoms with Gasteiger partial charge >= 0.3 is 0 Å². The molecule has 1 aliphatic rings. The Bertz CT molecular complexity index is 967. The highest BCUT2D eigenvalue weighted by molar-refractivity contribution is 5.83. The van der Waals surface area contributed by atoms with Gasteiger partial charge in [-0.15, -0.1) is 0 Å². The molecule has 2 aromatic heterocycles. The van der Waals surface area contributed by atoms with E-state index in [4.69, 9.17) is 0 Å². The maximum Gasteiger partial charge on any atom is 0.280 e. The maximum absolute atomic E-state index is 13.4. The van der Waals surface area contributed by atoms with Gasteiger partial charge in [-0.2, -0.15) is 14.6 Å². The Morgan fingerprint density at radius 2 is 1.89 bits per heavy atom. The van der Waals surface area contributed by atoms with Crippen molar-refractivity contribution < 1.29 is 13.6 Å². The first kappa shape index (κ1) is 18.5. The third kappa shape index (κ3) is 3.46.